The number of aromatic nitrogens is 1. The lowest BCUT2D eigenvalue weighted by atomic mass is 9.93. The number of likely N-dealkylation sites (tertiary alicyclic amines) is 1. The third-order valence-electron chi connectivity index (χ3n) is 4.81. The van der Waals surface area contributed by atoms with E-state index in [2.05, 4.69) is 4.98 Å². The molecule has 8 nitrogen and oxygen atoms in total. The fourth-order valence-corrected chi connectivity index (χ4v) is 3.23. The summed E-state index contributed by atoms with van der Waals surface area (Å²) in [7, 11) is 0. The fraction of sp³-hybridized carbons (Fsp3) is 0.706. The summed E-state index contributed by atoms with van der Waals surface area (Å²) in [5.74, 6) is -0.953. The van der Waals surface area contributed by atoms with Crippen LogP contribution < -0.4 is 5.48 Å². The van der Waals surface area contributed by atoms with E-state index in [9.17, 15) is 14.7 Å². The van der Waals surface area contributed by atoms with Crippen LogP contribution in [-0.4, -0.2) is 44.7 Å². The molecule has 1 aromatic heterocycles. The molecule has 0 radical (unpaired) electrons. The Morgan fingerprint density at radius 1 is 1.44 bits per heavy atom. The first kappa shape index (κ1) is 19.4. The number of oxazole rings is 1. The van der Waals surface area contributed by atoms with Gasteiger partial charge >= 0.3 is 0 Å². The molecule has 0 aliphatic carbocycles. The minimum atomic E-state index is -1.58. The van der Waals surface area contributed by atoms with Crippen LogP contribution in [0.5, 0.6) is 0 Å². The van der Waals surface area contributed by atoms with Gasteiger partial charge < -0.3 is 14.4 Å². The van der Waals surface area contributed by atoms with Gasteiger partial charge in [-0.2, -0.15) is 0 Å². The number of hydroxylamine groups is 1. The van der Waals surface area contributed by atoms with Crippen molar-refractivity contribution in [2.75, 3.05) is 6.54 Å². The second-order valence-corrected chi connectivity index (χ2v) is 6.55. The largest absolute Gasteiger partial charge is 0.443 e. The number of aliphatic hydroxyl groups excluding tert-OH is 1. The van der Waals surface area contributed by atoms with Crippen LogP contribution in [0.4, 0.5) is 0 Å². The lowest BCUT2D eigenvalue weighted by Crippen LogP contribution is -2.46. The highest BCUT2D eigenvalue weighted by atomic mass is 16.5. The molecule has 140 valence electrons. The zero-order chi connectivity index (χ0) is 18.6. The minimum absolute atomic E-state index is 0.284. The number of carbonyl (C=O) groups excluding carboxylic acids is 2. The van der Waals surface area contributed by atoms with Crippen molar-refractivity contribution >= 4 is 11.8 Å². The van der Waals surface area contributed by atoms with Gasteiger partial charge in [-0.05, 0) is 33.1 Å². The lowest BCUT2D eigenvalue weighted by Gasteiger charge is -2.29. The van der Waals surface area contributed by atoms with Crippen molar-refractivity contribution in [1.82, 2.24) is 15.4 Å². The third-order valence-corrected chi connectivity index (χ3v) is 4.81. The molecule has 2 heterocycles. The molecule has 1 saturated heterocycles. The van der Waals surface area contributed by atoms with Gasteiger partial charge in [0.2, 0.25) is 11.8 Å². The van der Waals surface area contributed by atoms with Crippen LogP contribution in [-0.2, 0) is 9.59 Å². The first-order chi connectivity index (χ1) is 11.9. The van der Waals surface area contributed by atoms with E-state index in [-0.39, 0.29) is 11.9 Å². The summed E-state index contributed by atoms with van der Waals surface area (Å²) < 4.78 is 5.68. The van der Waals surface area contributed by atoms with Gasteiger partial charge in [0, 0.05) is 6.54 Å². The molecule has 3 N–H and O–H groups in total. The normalized spacial score (nSPS) is 19.7. The molecule has 8 heteroatoms. The van der Waals surface area contributed by atoms with E-state index in [4.69, 9.17) is 9.62 Å². The number of aryl methyl sites for hydroxylation is 2. The van der Waals surface area contributed by atoms with Crippen molar-refractivity contribution in [2.45, 2.75) is 65.0 Å². The molecular weight excluding hydrogens is 326 g/mol. The van der Waals surface area contributed by atoms with E-state index in [0.29, 0.717) is 25.3 Å². The van der Waals surface area contributed by atoms with Crippen LogP contribution in [0.25, 0.3) is 0 Å². The summed E-state index contributed by atoms with van der Waals surface area (Å²) in [6.07, 6.45) is 1.85. The number of hydrogen-bond donors (Lipinski definition) is 3. The molecule has 2 rings (SSSR count). The highest BCUT2D eigenvalue weighted by Gasteiger charge is 2.40. The highest BCUT2D eigenvalue weighted by molar-refractivity contribution is 5.89. The maximum absolute atomic E-state index is 13.0. The SMILES string of the molecule is CCCCC(C(=O)N1CCCC1c1nc(C)c(C)o1)C(O)C(=O)NO. The standard InChI is InChI=1S/C17H27N3O5/c1-4-5-7-12(14(21)15(22)19-24)17(23)20-9-6-8-13(20)16-18-10(2)11(3)25-16/h12-14,21,24H,4-9H2,1-3H3,(H,19,22). The quantitative estimate of drug-likeness (QED) is 0.507. The van der Waals surface area contributed by atoms with E-state index in [1.165, 1.54) is 5.48 Å². The molecule has 3 unspecified atom stereocenters. The molecule has 1 aromatic rings. The van der Waals surface area contributed by atoms with Gasteiger partial charge in [0.15, 0.2) is 0 Å². The van der Waals surface area contributed by atoms with Crippen LogP contribution in [0.2, 0.25) is 0 Å². The molecular formula is C17H27N3O5. The number of unbranched alkanes of at least 4 members (excludes halogenated alkanes) is 1. The van der Waals surface area contributed by atoms with Crippen LogP contribution in [0.15, 0.2) is 4.42 Å². The summed E-state index contributed by atoms with van der Waals surface area (Å²) in [6, 6.07) is -0.284. The predicted octanol–water partition coefficient (Wildman–Crippen LogP) is 1.63. The maximum atomic E-state index is 13.0. The number of rotatable bonds is 7. The molecule has 0 aromatic carbocycles. The van der Waals surface area contributed by atoms with E-state index in [0.717, 1.165) is 30.7 Å². The van der Waals surface area contributed by atoms with Gasteiger partial charge in [0.25, 0.3) is 5.91 Å². The topological polar surface area (TPSA) is 116 Å². The average Bonchev–Trinajstić information content (AvgIpc) is 3.21. The smallest absolute Gasteiger partial charge is 0.272 e. The molecule has 25 heavy (non-hydrogen) atoms. The number of aliphatic hydroxyl groups is 1. The molecule has 2 amide bonds. The predicted molar refractivity (Wildman–Crippen MR) is 88.6 cm³/mol. The molecule has 0 bridgehead atoms. The fourth-order valence-electron chi connectivity index (χ4n) is 3.23. The number of carbonyl (C=O) groups is 2. The van der Waals surface area contributed by atoms with Crippen molar-refractivity contribution in [3.05, 3.63) is 17.3 Å². The summed E-state index contributed by atoms with van der Waals surface area (Å²) >= 11 is 0. The highest BCUT2D eigenvalue weighted by Crippen LogP contribution is 2.34. The maximum Gasteiger partial charge on any atom is 0.272 e. The van der Waals surface area contributed by atoms with Crippen LogP contribution in [0.3, 0.4) is 0 Å². The molecule has 0 saturated carbocycles. The van der Waals surface area contributed by atoms with Crippen LogP contribution in [0.1, 0.15) is 62.4 Å². The Morgan fingerprint density at radius 2 is 2.16 bits per heavy atom. The summed E-state index contributed by atoms with van der Waals surface area (Å²) in [5.41, 5.74) is 2.22. The molecule has 0 spiro atoms. The molecule has 1 aliphatic rings. The number of nitrogens with zero attached hydrogens (tertiary/aromatic N) is 2. The van der Waals surface area contributed by atoms with Crippen molar-refractivity contribution in [3.63, 3.8) is 0 Å². The van der Waals surface area contributed by atoms with Gasteiger partial charge in [-0.1, -0.05) is 19.8 Å². The Bertz CT molecular complexity index is 596. The van der Waals surface area contributed by atoms with E-state index in [1.807, 2.05) is 20.8 Å². The minimum Gasteiger partial charge on any atom is -0.443 e. The Morgan fingerprint density at radius 3 is 2.72 bits per heavy atom. The van der Waals surface area contributed by atoms with Gasteiger partial charge in [-0.15, -0.1) is 0 Å². The number of nitrogens with one attached hydrogen (secondary N) is 1. The summed E-state index contributed by atoms with van der Waals surface area (Å²) in [4.78, 5) is 30.7. The van der Waals surface area contributed by atoms with E-state index < -0.39 is 17.9 Å². The van der Waals surface area contributed by atoms with Crippen molar-refractivity contribution < 1.29 is 24.3 Å². The monoisotopic (exact) mass is 353 g/mol. The molecule has 1 aliphatic heterocycles. The Hall–Kier alpha value is -1.93. The zero-order valence-electron chi connectivity index (χ0n) is 15.0. The molecule has 3 atom stereocenters. The average molecular weight is 353 g/mol. The van der Waals surface area contributed by atoms with Crippen LogP contribution >= 0.6 is 0 Å². The van der Waals surface area contributed by atoms with Gasteiger partial charge in [0.1, 0.15) is 17.9 Å². The van der Waals surface area contributed by atoms with Gasteiger partial charge in [-0.25, -0.2) is 10.5 Å². The first-order valence-electron chi connectivity index (χ1n) is 8.77. The Labute approximate surface area is 147 Å². The zero-order valence-corrected chi connectivity index (χ0v) is 15.0. The Balaban J connectivity index is 2.22. The van der Waals surface area contributed by atoms with E-state index >= 15 is 0 Å². The van der Waals surface area contributed by atoms with Crippen molar-refractivity contribution in [1.29, 1.82) is 0 Å². The lowest BCUT2D eigenvalue weighted by molar-refractivity contribution is -0.151. The second-order valence-electron chi connectivity index (χ2n) is 6.55. The van der Waals surface area contributed by atoms with Crippen molar-refractivity contribution in [3.8, 4) is 0 Å². The first-order valence-corrected chi connectivity index (χ1v) is 8.77. The van der Waals surface area contributed by atoms with Crippen molar-refractivity contribution in [2.24, 2.45) is 5.92 Å². The molecule has 1 fully saturated rings. The van der Waals surface area contributed by atoms with Crippen LogP contribution in [0, 0.1) is 19.8 Å². The number of hydrogen-bond acceptors (Lipinski definition) is 6. The summed E-state index contributed by atoms with van der Waals surface area (Å²) in [6.45, 7) is 6.17. The number of amides is 2. The van der Waals surface area contributed by atoms with Gasteiger partial charge in [-0.3, -0.25) is 14.8 Å². The Kier molecular flexibility index (Phi) is 6.55. The van der Waals surface area contributed by atoms with Gasteiger partial charge in [0.05, 0.1) is 11.6 Å². The second kappa shape index (κ2) is 8.44. The third kappa shape index (κ3) is 4.19. The summed E-state index contributed by atoms with van der Waals surface area (Å²) in [5, 5.41) is 19.0. The van der Waals surface area contributed by atoms with E-state index in [1.54, 1.807) is 4.90 Å².